The van der Waals surface area contributed by atoms with Crippen LogP contribution in [-0.2, 0) is 4.79 Å². The van der Waals surface area contributed by atoms with E-state index in [9.17, 15) is 4.79 Å². The zero-order chi connectivity index (χ0) is 14.4. The Labute approximate surface area is 123 Å². The van der Waals surface area contributed by atoms with Gasteiger partial charge < -0.3 is 15.5 Å². The first-order valence-electron chi connectivity index (χ1n) is 8.37. The maximum atomic E-state index is 12.5. The molecule has 0 bridgehead atoms. The summed E-state index contributed by atoms with van der Waals surface area (Å²) in [5, 5.41) is 6.54. The molecule has 0 aromatic rings. The Morgan fingerprint density at radius 1 is 1.30 bits per heavy atom. The lowest BCUT2D eigenvalue weighted by Crippen LogP contribution is -2.48. The summed E-state index contributed by atoms with van der Waals surface area (Å²) < 4.78 is 0. The van der Waals surface area contributed by atoms with Gasteiger partial charge in [0.1, 0.15) is 0 Å². The van der Waals surface area contributed by atoms with Crippen LogP contribution in [0.2, 0.25) is 0 Å². The molecule has 1 saturated heterocycles. The summed E-state index contributed by atoms with van der Waals surface area (Å²) in [6.07, 6.45) is 8.31. The van der Waals surface area contributed by atoms with Gasteiger partial charge in [-0.3, -0.25) is 4.79 Å². The van der Waals surface area contributed by atoms with E-state index >= 15 is 0 Å². The molecular formula is C16H31N3O. The number of hydrogen-bond acceptors (Lipinski definition) is 3. The molecule has 1 saturated carbocycles. The van der Waals surface area contributed by atoms with Crippen LogP contribution in [0, 0.1) is 5.41 Å². The first-order chi connectivity index (χ1) is 9.68. The van der Waals surface area contributed by atoms with Gasteiger partial charge in [-0.2, -0.15) is 0 Å². The highest BCUT2D eigenvalue weighted by molar-refractivity contribution is 5.82. The van der Waals surface area contributed by atoms with Crippen LogP contribution >= 0.6 is 0 Å². The number of carbonyl (C=O) groups is 1. The highest BCUT2D eigenvalue weighted by Gasteiger charge is 2.37. The monoisotopic (exact) mass is 281 g/mol. The second kappa shape index (κ2) is 7.41. The lowest BCUT2D eigenvalue weighted by atomic mass is 9.76. The SMILES string of the molecule is CCC1(C(=O)NCCN(C)C2CCCC2)CCNCC1. The van der Waals surface area contributed by atoms with Gasteiger partial charge in [-0.25, -0.2) is 0 Å². The summed E-state index contributed by atoms with van der Waals surface area (Å²) >= 11 is 0. The molecular weight excluding hydrogens is 250 g/mol. The predicted molar refractivity (Wildman–Crippen MR) is 82.7 cm³/mol. The van der Waals surface area contributed by atoms with Crippen molar-refractivity contribution in [2.45, 2.75) is 57.9 Å². The second-order valence-electron chi connectivity index (χ2n) is 6.56. The van der Waals surface area contributed by atoms with Gasteiger partial charge in [-0.05, 0) is 52.2 Å². The van der Waals surface area contributed by atoms with Crippen LogP contribution in [0.15, 0.2) is 0 Å². The van der Waals surface area contributed by atoms with Gasteiger partial charge in [0.15, 0.2) is 0 Å². The molecule has 0 radical (unpaired) electrons. The van der Waals surface area contributed by atoms with Crippen molar-refractivity contribution in [3.05, 3.63) is 0 Å². The molecule has 0 unspecified atom stereocenters. The number of nitrogens with zero attached hydrogens (tertiary/aromatic N) is 1. The summed E-state index contributed by atoms with van der Waals surface area (Å²) in [5.74, 6) is 0.279. The Bertz CT molecular complexity index is 307. The normalized spacial score (nSPS) is 23.1. The fraction of sp³-hybridized carbons (Fsp3) is 0.938. The van der Waals surface area contributed by atoms with E-state index in [2.05, 4.69) is 29.5 Å². The van der Waals surface area contributed by atoms with E-state index in [-0.39, 0.29) is 11.3 Å². The molecule has 0 spiro atoms. The molecule has 2 aliphatic rings. The molecule has 0 atom stereocenters. The highest BCUT2D eigenvalue weighted by Crippen LogP contribution is 2.32. The fourth-order valence-corrected chi connectivity index (χ4v) is 3.71. The highest BCUT2D eigenvalue weighted by atomic mass is 16.2. The number of rotatable bonds is 6. The molecule has 1 amide bonds. The number of piperidine rings is 1. The summed E-state index contributed by atoms with van der Waals surface area (Å²) in [7, 11) is 2.20. The first-order valence-corrected chi connectivity index (χ1v) is 8.37. The number of carbonyl (C=O) groups excluding carboxylic acids is 1. The minimum absolute atomic E-state index is 0.114. The van der Waals surface area contributed by atoms with Crippen LogP contribution in [0.4, 0.5) is 0 Å². The third-order valence-electron chi connectivity index (χ3n) is 5.42. The quantitative estimate of drug-likeness (QED) is 0.780. The Morgan fingerprint density at radius 3 is 2.55 bits per heavy atom. The van der Waals surface area contributed by atoms with Crippen molar-refractivity contribution in [3.8, 4) is 0 Å². The molecule has 0 aromatic carbocycles. The average molecular weight is 281 g/mol. The molecule has 4 nitrogen and oxygen atoms in total. The standard InChI is InChI=1S/C16H31N3O/c1-3-16(8-10-17-11-9-16)15(20)18-12-13-19(2)14-6-4-5-7-14/h14,17H,3-13H2,1-2H3,(H,18,20). The number of nitrogens with one attached hydrogen (secondary N) is 2. The van der Waals surface area contributed by atoms with E-state index in [0.717, 1.165) is 51.5 Å². The molecule has 4 heteroatoms. The van der Waals surface area contributed by atoms with Gasteiger partial charge in [-0.1, -0.05) is 19.8 Å². The number of hydrogen-bond donors (Lipinski definition) is 2. The Kier molecular flexibility index (Phi) is 5.85. The Morgan fingerprint density at radius 2 is 1.95 bits per heavy atom. The molecule has 2 rings (SSSR count). The van der Waals surface area contributed by atoms with Gasteiger partial charge in [-0.15, -0.1) is 0 Å². The average Bonchev–Trinajstić information content (AvgIpc) is 3.02. The van der Waals surface area contributed by atoms with Crippen molar-refractivity contribution in [3.63, 3.8) is 0 Å². The molecule has 1 aliphatic heterocycles. The van der Waals surface area contributed by atoms with Gasteiger partial charge in [0, 0.05) is 19.1 Å². The van der Waals surface area contributed by atoms with Crippen molar-refractivity contribution in [2.24, 2.45) is 5.41 Å². The van der Waals surface area contributed by atoms with Crippen LogP contribution in [0.25, 0.3) is 0 Å². The van der Waals surface area contributed by atoms with Gasteiger partial charge in [0.05, 0.1) is 5.41 Å². The Hall–Kier alpha value is -0.610. The second-order valence-corrected chi connectivity index (χ2v) is 6.56. The van der Waals surface area contributed by atoms with E-state index < -0.39 is 0 Å². The van der Waals surface area contributed by atoms with Gasteiger partial charge >= 0.3 is 0 Å². The van der Waals surface area contributed by atoms with Crippen molar-refractivity contribution < 1.29 is 4.79 Å². The van der Waals surface area contributed by atoms with Crippen LogP contribution in [0.3, 0.4) is 0 Å². The minimum atomic E-state index is -0.114. The van der Waals surface area contributed by atoms with Crippen LogP contribution in [0.5, 0.6) is 0 Å². The van der Waals surface area contributed by atoms with Gasteiger partial charge in [0.2, 0.25) is 5.91 Å². The van der Waals surface area contributed by atoms with Crippen molar-refractivity contribution >= 4 is 5.91 Å². The summed E-state index contributed by atoms with van der Waals surface area (Å²) in [6, 6.07) is 0.742. The molecule has 20 heavy (non-hydrogen) atoms. The summed E-state index contributed by atoms with van der Waals surface area (Å²) in [4.78, 5) is 14.9. The zero-order valence-electron chi connectivity index (χ0n) is 13.2. The fourth-order valence-electron chi connectivity index (χ4n) is 3.71. The maximum absolute atomic E-state index is 12.5. The maximum Gasteiger partial charge on any atom is 0.226 e. The molecule has 2 N–H and O–H groups in total. The van der Waals surface area contributed by atoms with Crippen LogP contribution in [0.1, 0.15) is 51.9 Å². The van der Waals surface area contributed by atoms with Crippen LogP contribution in [-0.4, -0.2) is 50.1 Å². The smallest absolute Gasteiger partial charge is 0.226 e. The van der Waals surface area contributed by atoms with E-state index in [1.54, 1.807) is 0 Å². The minimum Gasteiger partial charge on any atom is -0.354 e. The first kappa shape index (κ1) is 15.8. The molecule has 0 aromatic heterocycles. The van der Waals surface area contributed by atoms with Crippen LogP contribution < -0.4 is 10.6 Å². The van der Waals surface area contributed by atoms with Crippen molar-refractivity contribution in [1.82, 2.24) is 15.5 Å². The van der Waals surface area contributed by atoms with E-state index in [1.807, 2.05) is 0 Å². The topological polar surface area (TPSA) is 44.4 Å². The third kappa shape index (κ3) is 3.73. The van der Waals surface area contributed by atoms with Gasteiger partial charge in [0.25, 0.3) is 0 Å². The van der Waals surface area contributed by atoms with E-state index in [0.29, 0.717) is 0 Å². The lowest BCUT2D eigenvalue weighted by Gasteiger charge is -2.35. The largest absolute Gasteiger partial charge is 0.354 e. The molecule has 1 heterocycles. The summed E-state index contributed by atoms with van der Waals surface area (Å²) in [6.45, 7) is 5.87. The predicted octanol–water partition coefficient (Wildman–Crippen LogP) is 1.76. The molecule has 2 fully saturated rings. The number of amides is 1. The third-order valence-corrected chi connectivity index (χ3v) is 5.42. The molecule has 1 aliphatic carbocycles. The van der Waals surface area contributed by atoms with E-state index in [1.165, 1.54) is 25.7 Å². The number of likely N-dealkylation sites (N-methyl/N-ethyl adjacent to an activating group) is 1. The molecule has 116 valence electrons. The lowest BCUT2D eigenvalue weighted by molar-refractivity contribution is -0.132. The summed E-state index contributed by atoms with van der Waals surface area (Å²) in [5.41, 5.74) is -0.114. The van der Waals surface area contributed by atoms with Crippen molar-refractivity contribution in [2.75, 3.05) is 33.2 Å². The Balaban J connectivity index is 1.73. The zero-order valence-corrected chi connectivity index (χ0v) is 13.2. The van der Waals surface area contributed by atoms with Crippen molar-refractivity contribution in [1.29, 1.82) is 0 Å². The van der Waals surface area contributed by atoms with E-state index in [4.69, 9.17) is 0 Å².